The van der Waals surface area contributed by atoms with Gasteiger partial charge in [-0.2, -0.15) is 0 Å². The molecule has 1 aliphatic heterocycles. The van der Waals surface area contributed by atoms with E-state index in [1.807, 2.05) is 54.6 Å². The van der Waals surface area contributed by atoms with Crippen molar-refractivity contribution in [3.05, 3.63) is 60.2 Å². The number of carbonyl (C=O) groups is 1. The van der Waals surface area contributed by atoms with Gasteiger partial charge >= 0.3 is 0 Å². The van der Waals surface area contributed by atoms with E-state index in [4.69, 9.17) is 15.5 Å². The molecule has 0 unspecified atom stereocenters. The number of morpholine rings is 1. The van der Waals surface area contributed by atoms with Crippen molar-refractivity contribution in [1.29, 1.82) is 0 Å². The third-order valence-corrected chi connectivity index (χ3v) is 3.89. The summed E-state index contributed by atoms with van der Waals surface area (Å²) in [6.45, 7) is 2.96. The van der Waals surface area contributed by atoms with E-state index in [1.165, 1.54) is 0 Å². The average Bonchev–Trinajstić information content (AvgIpc) is 2.64. The first-order chi connectivity index (χ1) is 12.2. The van der Waals surface area contributed by atoms with Crippen molar-refractivity contribution >= 4 is 23.2 Å². The number of ether oxygens (including phenoxy) is 1. The molecule has 2 aromatic rings. The number of guanidine groups is 1. The lowest BCUT2D eigenvalue weighted by Crippen LogP contribution is -2.44. The van der Waals surface area contributed by atoms with E-state index in [0.717, 1.165) is 36.0 Å². The molecule has 3 rings (SSSR count). The number of hydrogen-bond donors (Lipinski definition) is 2. The molecule has 25 heavy (non-hydrogen) atoms. The number of nitrogens with zero attached hydrogens (tertiary/aromatic N) is 2. The van der Waals surface area contributed by atoms with Gasteiger partial charge in [0.05, 0.1) is 25.3 Å². The fourth-order valence-electron chi connectivity index (χ4n) is 2.62. The lowest BCUT2D eigenvalue weighted by Gasteiger charge is -2.30. The molecular formula is C19H22N4O2. The van der Waals surface area contributed by atoms with Gasteiger partial charge < -0.3 is 20.7 Å². The van der Waals surface area contributed by atoms with Crippen molar-refractivity contribution in [2.45, 2.75) is 6.42 Å². The number of nitrogens with one attached hydrogen (secondary N) is 1. The van der Waals surface area contributed by atoms with Gasteiger partial charge in [-0.05, 0) is 29.8 Å². The van der Waals surface area contributed by atoms with Gasteiger partial charge in [0, 0.05) is 18.8 Å². The molecule has 130 valence electrons. The minimum Gasteiger partial charge on any atom is -0.378 e. The highest BCUT2D eigenvalue weighted by molar-refractivity contribution is 5.95. The van der Waals surface area contributed by atoms with Crippen LogP contribution in [0.2, 0.25) is 0 Å². The Bertz CT molecular complexity index is 723. The molecule has 1 fully saturated rings. The van der Waals surface area contributed by atoms with E-state index >= 15 is 0 Å². The summed E-state index contributed by atoms with van der Waals surface area (Å²) >= 11 is 0. The molecule has 0 saturated carbocycles. The molecule has 0 aromatic heterocycles. The van der Waals surface area contributed by atoms with Crippen LogP contribution >= 0.6 is 0 Å². The second-order valence-electron chi connectivity index (χ2n) is 5.84. The van der Waals surface area contributed by atoms with Crippen LogP contribution in [-0.2, 0) is 16.0 Å². The van der Waals surface area contributed by atoms with Crippen LogP contribution in [0.25, 0.3) is 0 Å². The number of benzene rings is 2. The summed E-state index contributed by atoms with van der Waals surface area (Å²) in [4.78, 5) is 17.9. The highest BCUT2D eigenvalue weighted by Crippen LogP contribution is 2.16. The first kappa shape index (κ1) is 17.0. The largest absolute Gasteiger partial charge is 0.378 e. The van der Waals surface area contributed by atoms with E-state index in [1.54, 1.807) is 0 Å². The van der Waals surface area contributed by atoms with Gasteiger partial charge in [0.25, 0.3) is 0 Å². The Morgan fingerprint density at radius 3 is 2.40 bits per heavy atom. The van der Waals surface area contributed by atoms with Crippen LogP contribution in [0.4, 0.5) is 11.4 Å². The van der Waals surface area contributed by atoms with Crippen molar-refractivity contribution < 1.29 is 9.53 Å². The molecule has 2 aromatic carbocycles. The molecule has 1 heterocycles. The highest BCUT2D eigenvalue weighted by atomic mass is 16.5. The second-order valence-corrected chi connectivity index (χ2v) is 5.84. The van der Waals surface area contributed by atoms with Gasteiger partial charge in [-0.25, -0.2) is 4.99 Å². The number of primary amides is 1. The van der Waals surface area contributed by atoms with Crippen LogP contribution in [0.3, 0.4) is 0 Å². The quantitative estimate of drug-likeness (QED) is 0.661. The molecule has 6 nitrogen and oxygen atoms in total. The Kier molecular flexibility index (Phi) is 5.64. The van der Waals surface area contributed by atoms with Gasteiger partial charge in [0.2, 0.25) is 11.9 Å². The van der Waals surface area contributed by atoms with Crippen LogP contribution in [0.15, 0.2) is 59.6 Å². The monoisotopic (exact) mass is 338 g/mol. The number of amides is 1. The second kappa shape index (κ2) is 8.30. The van der Waals surface area contributed by atoms with Gasteiger partial charge in [-0.3, -0.25) is 4.79 Å². The number of anilines is 1. The fourth-order valence-corrected chi connectivity index (χ4v) is 2.62. The summed E-state index contributed by atoms with van der Waals surface area (Å²) in [6, 6.07) is 17.5. The first-order valence-electron chi connectivity index (χ1n) is 8.31. The topological polar surface area (TPSA) is 80.0 Å². The predicted octanol–water partition coefficient (Wildman–Crippen LogP) is 2.15. The lowest BCUT2D eigenvalue weighted by atomic mass is 10.1. The SMILES string of the molecule is NC(=O)Cc1ccc(N=C(Nc2ccccc2)N2CCOCC2)cc1. The molecule has 1 saturated heterocycles. The Labute approximate surface area is 147 Å². The van der Waals surface area contributed by atoms with Gasteiger partial charge in [0.15, 0.2) is 0 Å². The van der Waals surface area contributed by atoms with Crippen molar-refractivity contribution in [3.63, 3.8) is 0 Å². The molecule has 3 N–H and O–H groups in total. The van der Waals surface area contributed by atoms with Crippen LogP contribution in [-0.4, -0.2) is 43.1 Å². The van der Waals surface area contributed by atoms with Crippen LogP contribution in [0, 0.1) is 0 Å². The third-order valence-electron chi connectivity index (χ3n) is 3.89. The van der Waals surface area contributed by atoms with E-state index in [2.05, 4.69) is 10.2 Å². The number of aliphatic imine (C=N–C) groups is 1. The van der Waals surface area contributed by atoms with Gasteiger partial charge in [-0.15, -0.1) is 0 Å². The molecule has 0 radical (unpaired) electrons. The van der Waals surface area contributed by atoms with Crippen molar-refractivity contribution in [1.82, 2.24) is 4.90 Å². The predicted molar refractivity (Wildman–Crippen MR) is 98.9 cm³/mol. The molecule has 0 bridgehead atoms. The summed E-state index contributed by atoms with van der Waals surface area (Å²) in [5.74, 6) is 0.452. The minimum atomic E-state index is -0.337. The van der Waals surface area contributed by atoms with E-state index < -0.39 is 0 Å². The van der Waals surface area contributed by atoms with Gasteiger partial charge in [-0.1, -0.05) is 30.3 Å². The van der Waals surface area contributed by atoms with Crippen LogP contribution < -0.4 is 11.1 Å². The van der Waals surface area contributed by atoms with Crippen molar-refractivity contribution in [2.75, 3.05) is 31.6 Å². The zero-order chi connectivity index (χ0) is 17.5. The number of nitrogens with two attached hydrogens (primary N) is 1. The summed E-state index contributed by atoms with van der Waals surface area (Å²) < 4.78 is 5.43. The summed E-state index contributed by atoms with van der Waals surface area (Å²) in [5.41, 5.74) is 7.92. The van der Waals surface area contributed by atoms with E-state index in [0.29, 0.717) is 13.2 Å². The molecular weight excluding hydrogens is 316 g/mol. The molecule has 0 spiro atoms. The molecule has 6 heteroatoms. The Morgan fingerprint density at radius 2 is 1.76 bits per heavy atom. The van der Waals surface area contributed by atoms with E-state index in [-0.39, 0.29) is 12.3 Å². The Morgan fingerprint density at radius 1 is 1.08 bits per heavy atom. The molecule has 0 aliphatic carbocycles. The summed E-state index contributed by atoms with van der Waals surface area (Å²) in [5, 5.41) is 3.39. The fraction of sp³-hybridized carbons (Fsp3) is 0.263. The zero-order valence-corrected chi connectivity index (χ0v) is 14.0. The summed E-state index contributed by atoms with van der Waals surface area (Å²) in [7, 11) is 0. The van der Waals surface area contributed by atoms with Gasteiger partial charge in [0.1, 0.15) is 0 Å². The maximum absolute atomic E-state index is 11.0. The molecule has 0 atom stereocenters. The highest BCUT2D eigenvalue weighted by Gasteiger charge is 2.15. The van der Waals surface area contributed by atoms with Crippen LogP contribution in [0.1, 0.15) is 5.56 Å². The van der Waals surface area contributed by atoms with E-state index in [9.17, 15) is 4.79 Å². The number of para-hydroxylation sites is 1. The third kappa shape index (κ3) is 5.06. The number of rotatable bonds is 4. The number of hydrogen-bond acceptors (Lipinski definition) is 3. The van der Waals surface area contributed by atoms with Crippen LogP contribution in [0.5, 0.6) is 0 Å². The van der Waals surface area contributed by atoms with Crippen molar-refractivity contribution in [2.24, 2.45) is 10.7 Å². The summed E-state index contributed by atoms with van der Waals surface area (Å²) in [6.07, 6.45) is 0.239. The minimum absolute atomic E-state index is 0.239. The molecule has 1 amide bonds. The number of carbonyl (C=O) groups excluding carboxylic acids is 1. The maximum atomic E-state index is 11.0. The lowest BCUT2D eigenvalue weighted by molar-refractivity contribution is -0.117. The van der Waals surface area contributed by atoms with Crippen molar-refractivity contribution in [3.8, 4) is 0 Å². The Balaban J connectivity index is 1.82. The smallest absolute Gasteiger partial charge is 0.221 e. The molecule has 1 aliphatic rings. The Hall–Kier alpha value is -2.86. The zero-order valence-electron chi connectivity index (χ0n) is 14.0. The average molecular weight is 338 g/mol. The standard InChI is InChI=1S/C19H22N4O2/c20-18(24)14-15-6-8-17(9-7-15)22-19(23-10-12-25-13-11-23)21-16-4-2-1-3-5-16/h1-9H,10-14H2,(H2,20,24)(H,21,22). The normalized spacial score (nSPS) is 15.0. The maximum Gasteiger partial charge on any atom is 0.221 e. The first-order valence-corrected chi connectivity index (χ1v) is 8.31.